The lowest BCUT2D eigenvalue weighted by molar-refractivity contribution is 0.0934. The third-order valence-corrected chi connectivity index (χ3v) is 6.05. The molecular weight excluding hydrogens is 352 g/mol. The molecule has 4 rings (SSSR count). The van der Waals surface area contributed by atoms with Crippen LogP contribution in [0.5, 0.6) is 0 Å². The Morgan fingerprint density at radius 1 is 1.28 bits per heavy atom. The predicted octanol–water partition coefficient (Wildman–Crippen LogP) is 3.39. The van der Waals surface area contributed by atoms with Crippen LogP contribution in [0.2, 0.25) is 0 Å². The first-order valence-corrected chi connectivity index (χ1v) is 10.1. The molecule has 0 radical (unpaired) electrons. The molecule has 1 fully saturated rings. The highest BCUT2D eigenvalue weighted by molar-refractivity contribution is 7.12. The fraction of sp³-hybridized carbons (Fsp3) is 0.389. The fourth-order valence-corrected chi connectivity index (χ4v) is 4.54. The molecule has 25 heavy (non-hydrogen) atoms. The summed E-state index contributed by atoms with van der Waals surface area (Å²) < 4.78 is 8.58. The molecule has 5 nitrogen and oxygen atoms in total. The summed E-state index contributed by atoms with van der Waals surface area (Å²) in [5.41, 5.74) is 3.24. The molecule has 3 aromatic rings. The minimum absolute atomic E-state index is 0.0496. The molecule has 1 saturated heterocycles. The Balaban J connectivity index is 1.32. The zero-order chi connectivity index (χ0) is 17.1. The van der Waals surface area contributed by atoms with Gasteiger partial charge in [-0.25, -0.2) is 0 Å². The number of rotatable bonds is 5. The van der Waals surface area contributed by atoms with Crippen molar-refractivity contribution in [3.8, 4) is 0 Å². The topological polar surface area (TPSA) is 58.1 Å². The Kier molecular flexibility index (Phi) is 5.05. The number of likely N-dealkylation sites (tertiary alicyclic amines) is 1. The highest BCUT2D eigenvalue weighted by atomic mass is 32.1. The minimum atomic E-state index is 0.0496. The molecule has 1 amide bonds. The van der Waals surface area contributed by atoms with E-state index in [1.54, 1.807) is 0 Å². The van der Waals surface area contributed by atoms with Gasteiger partial charge in [-0.3, -0.25) is 9.69 Å². The summed E-state index contributed by atoms with van der Waals surface area (Å²) in [6.07, 6.45) is 2.36. The van der Waals surface area contributed by atoms with Crippen molar-refractivity contribution in [2.75, 3.05) is 19.6 Å². The number of thiophene rings is 1. The lowest BCUT2D eigenvalue weighted by Gasteiger charge is -2.32. The molecule has 3 heterocycles. The fourth-order valence-electron chi connectivity index (χ4n) is 3.38. The van der Waals surface area contributed by atoms with Gasteiger partial charge in [0.05, 0.1) is 16.6 Å². The number of hydrogen-bond acceptors (Lipinski definition) is 6. The minimum Gasteiger partial charge on any atom is -0.351 e. The average Bonchev–Trinajstić information content (AvgIpc) is 3.31. The van der Waals surface area contributed by atoms with Crippen LogP contribution in [0.15, 0.2) is 35.7 Å². The van der Waals surface area contributed by atoms with Gasteiger partial charge in [0.15, 0.2) is 0 Å². The van der Waals surface area contributed by atoms with Gasteiger partial charge < -0.3 is 5.32 Å². The van der Waals surface area contributed by atoms with Crippen LogP contribution in [0, 0.1) is 5.92 Å². The molecule has 2 aromatic heterocycles. The highest BCUT2D eigenvalue weighted by Gasteiger charge is 2.21. The molecule has 0 saturated carbocycles. The van der Waals surface area contributed by atoms with E-state index in [1.165, 1.54) is 41.5 Å². The van der Waals surface area contributed by atoms with Gasteiger partial charge in [-0.05, 0) is 54.4 Å². The van der Waals surface area contributed by atoms with Crippen molar-refractivity contribution in [3.63, 3.8) is 0 Å². The third-order valence-electron chi connectivity index (χ3n) is 4.62. The Bertz CT molecular complexity index is 846. The first-order valence-electron chi connectivity index (χ1n) is 8.53. The zero-order valence-electron chi connectivity index (χ0n) is 13.9. The Labute approximate surface area is 155 Å². The summed E-state index contributed by atoms with van der Waals surface area (Å²) in [4.78, 5) is 15.4. The van der Waals surface area contributed by atoms with Crippen LogP contribution in [0.1, 0.15) is 28.1 Å². The van der Waals surface area contributed by atoms with E-state index in [1.807, 2.05) is 17.5 Å². The summed E-state index contributed by atoms with van der Waals surface area (Å²) >= 11 is 2.75. The number of carbonyl (C=O) groups is 1. The van der Waals surface area contributed by atoms with Crippen LogP contribution in [0.4, 0.5) is 0 Å². The highest BCUT2D eigenvalue weighted by Crippen LogP contribution is 2.20. The van der Waals surface area contributed by atoms with E-state index in [4.69, 9.17) is 0 Å². The molecule has 0 unspecified atom stereocenters. The third kappa shape index (κ3) is 4.05. The van der Waals surface area contributed by atoms with Crippen molar-refractivity contribution in [2.24, 2.45) is 5.92 Å². The monoisotopic (exact) mass is 372 g/mol. The Hall–Kier alpha value is -1.83. The van der Waals surface area contributed by atoms with E-state index >= 15 is 0 Å². The quantitative estimate of drug-likeness (QED) is 0.746. The van der Waals surface area contributed by atoms with Gasteiger partial charge in [0.25, 0.3) is 5.91 Å². The largest absolute Gasteiger partial charge is 0.351 e. The van der Waals surface area contributed by atoms with Crippen LogP contribution >= 0.6 is 23.1 Å². The summed E-state index contributed by atoms with van der Waals surface area (Å²) in [6.45, 7) is 3.83. The summed E-state index contributed by atoms with van der Waals surface area (Å²) in [5, 5.41) is 5.02. The van der Waals surface area contributed by atoms with Crippen LogP contribution < -0.4 is 5.32 Å². The number of piperidine rings is 1. The van der Waals surface area contributed by atoms with E-state index < -0.39 is 0 Å². The van der Waals surface area contributed by atoms with Crippen molar-refractivity contribution >= 4 is 40.0 Å². The van der Waals surface area contributed by atoms with Crippen LogP contribution in [-0.2, 0) is 6.54 Å². The number of nitrogens with one attached hydrogen (secondary N) is 1. The first kappa shape index (κ1) is 16.6. The van der Waals surface area contributed by atoms with Gasteiger partial charge >= 0.3 is 0 Å². The van der Waals surface area contributed by atoms with Crippen molar-refractivity contribution in [3.05, 3.63) is 46.2 Å². The van der Waals surface area contributed by atoms with Crippen molar-refractivity contribution in [2.45, 2.75) is 19.4 Å². The number of hydrogen-bond donors (Lipinski definition) is 1. The predicted molar refractivity (Wildman–Crippen MR) is 102 cm³/mol. The zero-order valence-corrected chi connectivity index (χ0v) is 15.5. The first-order chi connectivity index (χ1) is 12.3. The van der Waals surface area contributed by atoms with E-state index in [2.05, 4.69) is 37.2 Å². The van der Waals surface area contributed by atoms with Crippen molar-refractivity contribution in [1.82, 2.24) is 19.0 Å². The van der Waals surface area contributed by atoms with Crippen LogP contribution in [-0.4, -0.2) is 39.2 Å². The molecule has 0 bridgehead atoms. The Morgan fingerprint density at radius 2 is 2.20 bits per heavy atom. The van der Waals surface area contributed by atoms with Gasteiger partial charge in [-0.2, -0.15) is 8.75 Å². The summed E-state index contributed by atoms with van der Waals surface area (Å²) in [7, 11) is 0. The molecule has 1 N–H and O–H groups in total. The van der Waals surface area contributed by atoms with Crippen molar-refractivity contribution in [1.29, 1.82) is 0 Å². The second-order valence-corrected chi connectivity index (χ2v) is 7.99. The molecule has 1 aliphatic heterocycles. The normalized spacial score (nSPS) is 18.5. The van der Waals surface area contributed by atoms with Gasteiger partial charge in [-0.1, -0.05) is 12.1 Å². The molecule has 1 aromatic carbocycles. The number of fused-ring (bicyclic) bond motifs is 1. The summed E-state index contributed by atoms with van der Waals surface area (Å²) in [5.74, 6) is 0.566. The molecule has 7 heteroatoms. The second-order valence-electron chi connectivity index (χ2n) is 6.52. The molecule has 1 aliphatic rings. The number of amides is 1. The van der Waals surface area contributed by atoms with Crippen LogP contribution in [0.3, 0.4) is 0 Å². The molecule has 130 valence electrons. The number of nitrogens with zero attached hydrogens (tertiary/aromatic N) is 3. The van der Waals surface area contributed by atoms with E-state index in [0.29, 0.717) is 5.92 Å². The maximum absolute atomic E-state index is 12.1. The smallest absolute Gasteiger partial charge is 0.261 e. The van der Waals surface area contributed by atoms with Gasteiger partial charge in [0, 0.05) is 19.6 Å². The maximum atomic E-state index is 12.1. The van der Waals surface area contributed by atoms with Gasteiger partial charge in [-0.15, -0.1) is 11.3 Å². The summed E-state index contributed by atoms with van der Waals surface area (Å²) in [6, 6.07) is 10.1. The van der Waals surface area contributed by atoms with E-state index in [-0.39, 0.29) is 5.91 Å². The maximum Gasteiger partial charge on any atom is 0.261 e. The lowest BCUT2D eigenvalue weighted by atomic mass is 9.97. The standard InChI is InChI=1S/C18H20N4OS2/c23-18(17-4-2-8-24-17)19-10-14-3-1-7-22(12-14)11-13-5-6-15-16(9-13)21-25-20-15/h2,4-6,8-9,14H,1,3,7,10-12H2,(H,19,23)/t14-/m0/s1. The molecule has 1 atom stereocenters. The second kappa shape index (κ2) is 7.59. The molecule has 0 spiro atoms. The SMILES string of the molecule is O=C(NC[C@@H]1CCCN(Cc2ccc3nsnc3c2)C1)c1cccs1. The number of carbonyl (C=O) groups excluding carboxylic acids is 1. The number of benzene rings is 1. The van der Waals surface area contributed by atoms with Gasteiger partial charge in [0.2, 0.25) is 0 Å². The van der Waals surface area contributed by atoms with E-state index in [0.717, 1.165) is 42.1 Å². The molecule has 0 aliphatic carbocycles. The van der Waals surface area contributed by atoms with Crippen LogP contribution in [0.25, 0.3) is 11.0 Å². The van der Waals surface area contributed by atoms with Gasteiger partial charge in [0.1, 0.15) is 11.0 Å². The van der Waals surface area contributed by atoms with Crippen molar-refractivity contribution < 1.29 is 4.79 Å². The average molecular weight is 373 g/mol. The Morgan fingerprint density at radius 3 is 3.08 bits per heavy atom. The molecular formula is C18H20N4OS2. The lowest BCUT2D eigenvalue weighted by Crippen LogP contribution is -2.40. The van der Waals surface area contributed by atoms with E-state index in [9.17, 15) is 4.79 Å². The number of aromatic nitrogens is 2.